The average Bonchev–Trinajstić information content (AvgIpc) is 2.92. The van der Waals surface area contributed by atoms with Crippen molar-refractivity contribution < 1.29 is 4.74 Å². The van der Waals surface area contributed by atoms with Gasteiger partial charge in [-0.3, -0.25) is 0 Å². The van der Waals surface area contributed by atoms with Crippen molar-refractivity contribution >= 4 is 15.9 Å². The fourth-order valence-corrected chi connectivity index (χ4v) is 3.62. The van der Waals surface area contributed by atoms with Gasteiger partial charge in [0, 0.05) is 10.5 Å². The molecule has 0 fully saturated rings. The minimum absolute atomic E-state index is 0.489. The van der Waals surface area contributed by atoms with Crippen LogP contribution in [0, 0.1) is 0 Å². The summed E-state index contributed by atoms with van der Waals surface area (Å²) in [6.45, 7) is 0.990. The second kappa shape index (κ2) is 6.63. The van der Waals surface area contributed by atoms with Gasteiger partial charge in [0.05, 0.1) is 7.11 Å². The third-order valence-corrected chi connectivity index (χ3v) is 4.90. The van der Waals surface area contributed by atoms with Gasteiger partial charge in [-0.15, -0.1) is 0 Å². The highest BCUT2D eigenvalue weighted by Gasteiger charge is 2.23. The van der Waals surface area contributed by atoms with E-state index < -0.39 is 0 Å². The molecule has 21 heavy (non-hydrogen) atoms. The van der Waals surface area contributed by atoms with Crippen LogP contribution < -0.4 is 10.1 Å². The Morgan fingerprint density at radius 1 is 1.24 bits per heavy atom. The Labute approximate surface area is 134 Å². The standard InChI is InChI=1S/C18H20BrNO/c1-21-14-5-2-4-13(12-14)10-11-20-18-9-8-15-16(18)6-3-7-17(15)19/h2-7,12,18,20H,8-11H2,1H3. The molecule has 3 heteroatoms. The van der Waals surface area contributed by atoms with E-state index in [1.165, 1.54) is 27.6 Å². The molecule has 0 amide bonds. The second-order valence-electron chi connectivity index (χ2n) is 5.45. The largest absolute Gasteiger partial charge is 0.497 e. The first kappa shape index (κ1) is 14.6. The van der Waals surface area contributed by atoms with Gasteiger partial charge in [-0.2, -0.15) is 0 Å². The van der Waals surface area contributed by atoms with Gasteiger partial charge >= 0.3 is 0 Å². The molecular weight excluding hydrogens is 326 g/mol. The van der Waals surface area contributed by atoms with Crippen molar-refractivity contribution in [3.05, 3.63) is 63.6 Å². The first-order valence-electron chi connectivity index (χ1n) is 7.41. The quantitative estimate of drug-likeness (QED) is 0.873. The Morgan fingerprint density at radius 3 is 2.95 bits per heavy atom. The van der Waals surface area contributed by atoms with Gasteiger partial charge in [-0.25, -0.2) is 0 Å². The first-order valence-corrected chi connectivity index (χ1v) is 8.21. The van der Waals surface area contributed by atoms with Gasteiger partial charge in [0.1, 0.15) is 5.75 Å². The van der Waals surface area contributed by atoms with E-state index in [4.69, 9.17) is 4.74 Å². The predicted octanol–water partition coefficient (Wildman–Crippen LogP) is 4.28. The number of nitrogens with one attached hydrogen (secondary N) is 1. The van der Waals surface area contributed by atoms with Gasteiger partial charge in [-0.1, -0.05) is 40.2 Å². The number of hydrogen-bond donors (Lipinski definition) is 1. The molecule has 1 atom stereocenters. The highest BCUT2D eigenvalue weighted by atomic mass is 79.9. The molecule has 1 aliphatic carbocycles. The number of fused-ring (bicyclic) bond motifs is 1. The average molecular weight is 346 g/mol. The predicted molar refractivity (Wildman–Crippen MR) is 89.9 cm³/mol. The van der Waals surface area contributed by atoms with E-state index in [-0.39, 0.29) is 0 Å². The second-order valence-corrected chi connectivity index (χ2v) is 6.31. The van der Waals surface area contributed by atoms with Crippen LogP contribution in [-0.2, 0) is 12.8 Å². The summed E-state index contributed by atoms with van der Waals surface area (Å²) in [5, 5.41) is 3.69. The molecule has 2 aromatic rings. The van der Waals surface area contributed by atoms with Gasteiger partial charge in [0.2, 0.25) is 0 Å². The third kappa shape index (κ3) is 3.30. The van der Waals surface area contributed by atoms with Gasteiger partial charge in [-0.05, 0) is 60.7 Å². The summed E-state index contributed by atoms with van der Waals surface area (Å²) in [5.41, 5.74) is 4.24. The van der Waals surface area contributed by atoms with Crippen LogP contribution in [0.2, 0.25) is 0 Å². The highest BCUT2D eigenvalue weighted by Crippen LogP contribution is 2.35. The number of ether oxygens (including phenoxy) is 1. The molecule has 0 bridgehead atoms. The molecule has 2 nitrogen and oxygen atoms in total. The van der Waals surface area contributed by atoms with E-state index in [1.54, 1.807) is 7.11 Å². The lowest BCUT2D eigenvalue weighted by Gasteiger charge is -2.14. The number of methoxy groups -OCH3 is 1. The molecule has 0 saturated carbocycles. The topological polar surface area (TPSA) is 21.3 Å². The van der Waals surface area contributed by atoms with Crippen LogP contribution in [-0.4, -0.2) is 13.7 Å². The van der Waals surface area contributed by atoms with Crippen molar-refractivity contribution in [2.24, 2.45) is 0 Å². The normalized spacial score (nSPS) is 16.8. The minimum atomic E-state index is 0.489. The fourth-order valence-electron chi connectivity index (χ4n) is 3.04. The Morgan fingerprint density at radius 2 is 2.10 bits per heavy atom. The smallest absolute Gasteiger partial charge is 0.119 e. The van der Waals surface area contributed by atoms with Crippen molar-refractivity contribution in [1.29, 1.82) is 0 Å². The van der Waals surface area contributed by atoms with Crippen LogP contribution in [0.1, 0.15) is 29.2 Å². The summed E-state index contributed by atoms with van der Waals surface area (Å²) < 4.78 is 6.52. The van der Waals surface area contributed by atoms with E-state index in [0.717, 1.165) is 25.1 Å². The Bertz CT molecular complexity index is 626. The Kier molecular flexibility index (Phi) is 4.61. The van der Waals surface area contributed by atoms with Crippen molar-refractivity contribution in [3.63, 3.8) is 0 Å². The maximum absolute atomic E-state index is 5.27. The lowest BCUT2D eigenvalue weighted by Crippen LogP contribution is -2.21. The van der Waals surface area contributed by atoms with Crippen LogP contribution >= 0.6 is 15.9 Å². The zero-order valence-corrected chi connectivity index (χ0v) is 13.8. The summed E-state index contributed by atoms with van der Waals surface area (Å²) in [5.74, 6) is 0.933. The lowest BCUT2D eigenvalue weighted by molar-refractivity contribution is 0.414. The van der Waals surface area contributed by atoms with Crippen molar-refractivity contribution in [3.8, 4) is 5.75 Å². The highest BCUT2D eigenvalue weighted by molar-refractivity contribution is 9.10. The summed E-state index contributed by atoms with van der Waals surface area (Å²) >= 11 is 3.65. The molecule has 0 aliphatic heterocycles. The van der Waals surface area contributed by atoms with E-state index in [2.05, 4.69) is 57.6 Å². The van der Waals surface area contributed by atoms with Crippen LogP contribution in [0.4, 0.5) is 0 Å². The van der Waals surface area contributed by atoms with Crippen molar-refractivity contribution in [1.82, 2.24) is 5.32 Å². The number of hydrogen-bond acceptors (Lipinski definition) is 2. The van der Waals surface area contributed by atoms with E-state index >= 15 is 0 Å². The lowest BCUT2D eigenvalue weighted by atomic mass is 10.1. The van der Waals surface area contributed by atoms with Crippen LogP contribution in [0.25, 0.3) is 0 Å². The molecule has 0 saturated heterocycles. The van der Waals surface area contributed by atoms with Crippen molar-refractivity contribution in [2.75, 3.05) is 13.7 Å². The number of benzene rings is 2. The van der Waals surface area contributed by atoms with Crippen LogP contribution in [0.3, 0.4) is 0 Å². The summed E-state index contributed by atoms with van der Waals surface area (Å²) in [6.07, 6.45) is 3.38. The molecule has 0 aromatic heterocycles. The first-order chi connectivity index (χ1) is 10.3. The molecule has 2 aromatic carbocycles. The maximum Gasteiger partial charge on any atom is 0.119 e. The molecule has 1 N–H and O–H groups in total. The molecule has 1 unspecified atom stereocenters. The van der Waals surface area contributed by atoms with Crippen LogP contribution in [0.5, 0.6) is 5.75 Å². The van der Waals surface area contributed by atoms with E-state index in [1.807, 2.05) is 6.07 Å². The van der Waals surface area contributed by atoms with E-state index in [0.29, 0.717) is 6.04 Å². The SMILES string of the molecule is COc1cccc(CCNC2CCc3c(Br)cccc32)c1. The molecule has 1 aliphatic rings. The summed E-state index contributed by atoms with van der Waals surface area (Å²) in [7, 11) is 1.71. The fraction of sp³-hybridized carbons (Fsp3) is 0.333. The summed E-state index contributed by atoms with van der Waals surface area (Å²) in [4.78, 5) is 0. The monoisotopic (exact) mass is 345 g/mol. The summed E-state index contributed by atoms with van der Waals surface area (Å²) in [6, 6.07) is 15.3. The van der Waals surface area contributed by atoms with Gasteiger partial charge in [0.25, 0.3) is 0 Å². The van der Waals surface area contributed by atoms with Gasteiger partial charge in [0.15, 0.2) is 0 Å². The number of rotatable bonds is 5. The van der Waals surface area contributed by atoms with Gasteiger partial charge < -0.3 is 10.1 Å². The molecule has 0 spiro atoms. The zero-order chi connectivity index (χ0) is 14.7. The molecule has 110 valence electrons. The molecular formula is C18H20BrNO. The van der Waals surface area contributed by atoms with Crippen LogP contribution in [0.15, 0.2) is 46.9 Å². The zero-order valence-electron chi connectivity index (χ0n) is 12.2. The third-order valence-electron chi connectivity index (χ3n) is 4.15. The Hall–Kier alpha value is -1.32. The molecule has 3 rings (SSSR count). The van der Waals surface area contributed by atoms with E-state index in [9.17, 15) is 0 Å². The number of halogens is 1. The molecule has 0 heterocycles. The van der Waals surface area contributed by atoms with Crippen molar-refractivity contribution in [2.45, 2.75) is 25.3 Å². The minimum Gasteiger partial charge on any atom is -0.497 e. The molecule has 0 radical (unpaired) electrons. The Balaban J connectivity index is 1.59. The maximum atomic E-state index is 5.27.